The van der Waals surface area contributed by atoms with Gasteiger partial charge in [0, 0.05) is 21.2 Å². The highest BCUT2D eigenvalue weighted by atomic mass is 28.3. The Balaban J connectivity index is 2.21. The van der Waals surface area contributed by atoms with Crippen molar-refractivity contribution in [3.63, 3.8) is 0 Å². The number of carbonyl (C=O) groups is 1. The van der Waals surface area contributed by atoms with Gasteiger partial charge in [-0.3, -0.25) is 0 Å². The number of carbonyl (C=O) groups excluding carboxylic acids is 1. The molecule has 1 amide bonds. The van der Waals surface area contributed by atoms with Crippen LogP contribution in [0.25, 0.3) is 0 Å². The molecular formula is C12H26N2O2Si. The predicted octanol–water partition coefficient (Wildman–Crippen LogP) is 2.13. The zero-order valence-electron chi connectivity index (χ0n) is 11.4. The second kappa shape index (κ2) is 6.40. The van der Waals surface area contributed by atoms with E-state index in [4.69, 9.17) is 10.5 Å². The highest BCUT2D eigenvalue weighted by Crippen LogP contribution is 2.16. The number of nitrogens with zero attached hydrogens (tertiary/aromatic N) is 1. The maximum atomic E-state index is 11.8. The number of likely N-dealkylation sites (tertiary alicyclic amines) is 1. The zero-order valence-corrected chi connectivity index (χ0v) is 12.4. The maximum absolute atomic E-state index is 11.8. The summed E-state index contributed by atoms with van der Waals surface area (Å²) in [6.45, 7) is 9.76. The summed E-state index contributed by atoms with van der Waals surface area (Å²) in [4.78, 5) is 13.6. The first-order valence-electron chi connectivity index (χ1n) is 6.54. The van der Waals surface area contributed by atoms with Crippen LogP contribution in [0.3, 0.4) is 0 Å². The van der Waals surface area contributed by atoms with Crippen LogP contribution in [-0.2, 0) is 4.74 Å². The van der Waals surface area contributed by atoms with E-state index < -0.39 is 8.07 Å². The molecule has 4 nitrogen and oxygen atoms in total. The predicted molar refractivity (Wildman–Crippen MR) is 72.9 cm³/mol. The van der Waals surface area contributed by atoms with Crippen LogP contribution in [0.1, 0.15) is 12.8 Å². The Morgan fingerprint density at radius 2 is 1.94 bits per heavy atom. The molecule has 1 rings (SSSR count). The summed E-state index contributed by atoms with van der Waals surface area (Å²) < 4.78 is 5.32. The molecule has 0 aromatic rings. The third-order valence-electron chi connectivity index (χ3n) is 3.28. The summed E-state index contributed by atoms with van der Waals surface area (Å²) in [5.74, 6) is 0.584. The Morgan fingerprint density at radius 1 is 1.35 bits per heavy atom. The van der Waals surface area contributed by atoms with Crippen LogP contribution in [0.2, 0.25) is 25.7 Å². The zero-order chi connectivity index (χ0) is 12.9. The van der Waals surface area contributed by atoms with Gasteiger partial charge in [-0.05, 0) is 31.3 Å². The van der Waals surface area contributed by atoms with Crippen LogP contribution in [0.5, 0.6) is 0 Å². The Bertz CT molecular complexity index is 245. The van der Waals surface area contributed by atoms with Gasteiger partial charge in [-0.15, -0.1) is 0 Å². The Morgan fingerprint density at radius 3 is 2.41 bits per heavy atom. The summed E-state index contributed by atoms with van der Waals surface area (Å²) in [5.41, 5.74) is 5.62. The van der Waals surface area contributed by atoms with Gasteiger partial charge in [-0.1, -0.05) is 19.6 Å². The van der Waals surface area contributed by atoms with Crippen LogP contribution in [0, 0.1) is 5.92 Å². The molecule has 0 saturated carbocycles. The minimum absolute atomic E-state index is 0.140. The molecule has 0 aliphatic carbocycles. The largest absolute Gasteiger partial charge is 0.450 e. The van der Waals surface area contributed by atoms with Crippen LogP contribution in [-0.4, -0.2) is 45.3 Å². The normalized spacial score (nSPS) is 18.2. The van der Waals surface area contributed by atoms with E-state index in [1.165, 1.54) is 0 Å². The van der Waals surface area contributed by atoms with E-state index in [0.29, 0.717) is 12.5 Å². The van der Waals surface area contributed by atoms with Crippen LogP contribution >= 0.6 is 0 Å². The topological polar surface area (TPSA) is 55.6 Å². The number of ether oxygens (including phenoxy) is 1. The van der Waals surface area contributed by atoms with E-state index in [2.05, 4.69) is 19.6 Å². The highest BCUT2D eigenvalue weighted by molar-refractivity contribution is 6.76. The van der Waals surface area contributed by atoms with Gasteiger partial charge in [0.25, 0.3) is 0 Å². The molecule has 2 N–H and O–H groups in total. The first-order chi connectivity index (χ1) is 7.92. The van der Waals surface area contributed by atoms with Crippen molar-refractivity contribution in [1.29, 1.82) is 0 Å². The maximum Gasteiger partial charge on any atom is 0.409 e. The summed E-state index contributed by atoms with van der Waals surface area (Å²) in [7, 11) is -1.10. The van der Waals surface area contributed by atoms with E-state index in [1.807, 2.05) is 4.90 Å². The molecule has 0 unspecified atom stereocenters. The average Bonchev–Trinajstić information content (AvgIpc) is 2.27. The van der Waals surface area contributed by atoms with Crippen LogP contribution in [0.4, 0.5) is 4.79 Å². The fraction of sp³-hybridized carbons (Fsp3) is 0.917. The van der Waals surface area contributed by atoms with Crippen LogP contribution in [0.15, 0.2) is 0 Å². The van der Waals surface area contributed by atoms with E-state index in [-0.39, 0.29) is 6.09 Å². The van der Waals surface area contributed by atoms with Crippen LogP contribution < -0.4 is 5.73 Å². The van der Waals surface area contributed by atoms with Crippen molar-refractivity contribution in [2.45, 2.75) is 38.5 Å². The number of hydrogen-bond acceptors (Lipinski definition) is 3. The standard InChI is InChI=1S/C12H26N2O2Si/c1-17(2,3)9-8-16-12(15)14-6-4-11(10-13)5-7-14/h11H,4-10,13H2,1-3H3. The number of hydrogen-bond donors (Lipinski definition) is 1. The Kier molecular flexibility index (Phi) is 5.46. The first-order valence-corrected chi connectivity index (χ1v) is 10.2. The number of rotatable bonds is 4. The minimum atomic E-state index is -1.10. The van der Waals surface area contributed by atoms with E-state index in [0.717, 1.165) is 38.5 Å². The quantitative estimate of drug-likeness (QED) is 0.786. The van der Waals surface area contributed by atoms with Crippen molar-refractivity contribution in [3.8, 4) is 0 Å². The number of piperidine rings is 1. The molecule has 1 aliphatic heterocycles. The molecule has 17 heavy (non-hydrogen) atoms. The van der Waals surface area contributed by atoms with Crippen molar-refractivity contribution < 1.29 is 9.53 Å². The van der Waals surface area contributed by atoms with Gasteiger partial charge < -0.3 is 15.4 Å². The molecule has 1 heterocycles. The fourth-order valence-corrected chi connectivity index (χ4v) is 2.60. The molecule has 0 atom stereocenters. The monoisotopic (exact) mass is 258 g/mol. The molecular weight excluding hydrogens is 232 g/mol. The van der Waals surface area contributed by atoms with E-state index >= 15 is 0 Å². The SMILES string of the molecule is C[Si](C)(C)CCOC(=O)N1CCC(CN)CC1. The van der Waals surface area contributed by atoms with Gasteiger partial charge >= 0.3 is 6.09 Å². The number of nitrogens with two attached hydrogens (primary N) is 1. The molecule has 0 bridgehead atoms. The van der Waals surface area contributed by atoms with Gasteiger partial charge in [0.2, 0.25) is 0 Å². The van der Waals surface area contributed by atoms with Gasteiger partial charge in [0.05, 0.1) is 6.61 Å². The van der Waals surface area contributed by atoms with Gasteiger partial charge in [0.15, 0.2) is 0 Å². The molecule has 1 saturated heterocycles. The molecule has 0 aromatic carbocycles. The molecule has 0 aromatic heterocycles. The van der Waals surface area contributed by atoms with Crippen molar-refractivity contribution in [2.24, 2.45) is 11.7 Å². The Labute approximate surface area is 106 Å². The third kappa shape index (κ3) is 5.54. The molecule has 0 spiro atoms. The molecule has 0 radical (unpaired) electrons. The van der Waals surface area contributed by atoms with Crippen molar-refractivity contribution >= 4 is 14.2 Å². The third-order valence-corrected chi connectivity index (χ3v) is 4.99. The Hall–Kier alpha value is -0.553. The summed E-state index contributed by atoms with van der Waals surface area (Å²) in [6, 6.07) is 1.04. The lowest BCUT2D eigenvalue weighted by Gasteiger charge is -2.30. The lowest BCUT2D eigenvalue weighted by molar-refractivity contribution is 0.0923. The second-order valence-electron chi connectivity index (χ2n) is 6.09. The van der Waals surface area contributed by atoms with Gasteiger partial charge in [-0.2, -0.15) is 0 Å². The van der Waals surface area contributed by atoms with Crippen molar-refractivity contribution in [1.82, 2.24) is 4.90 Å². The van der Waals surface area contributed by atoms with Gasteiger partial charge in [-0.25, -0.2) is 4.79 Å². The van der Waals surface area contributed by atoms with Crippen molar-refractivity contribution in [2.75, 3.05) is 26.2 Å². The highest BCUT2D eigenvalue weighted by Gasteiger charge is 2.23. The summed E-state index contributed by atoms with van der Waals surface area (Å²) in [6.07, 6.45) is 1.89. The lowest BCUT2D eigenvalue weighted by atomic mass is 9.97. The van der Waals surface area contributed by atoms with Gasteiger partial charge in [0.1, 0.15) is 0 Å². The molecule has 5 heteroatoms. The van der Waals surface area contributed by atoms with Crippen molar-refractivity contribution in [3.05, 3.63) is 0 Å². The van der Waals surface area contributed by atoms with E-state index in [9.17, 15) is 4.79 Å². The lowest BCUT2D eigenvalue weighted by Crippen LogP contribution is -2.40. The fourth-order valence-electron chi connectivity index (χ4n) is 1.89. The minimum Gasteiger partial charge on any atom is -0.450 e. The summed E-state index contributed by atoms with van der Waals surface area (Å²) >= 11 is 0. The molecule has 1 aliphatic rings. The number of amides is 1. The molecule has 1 fully saturated rings. The first kappa shape index (κ1) is 14.5. The summed E-state index contributed by atoms with van der Waals surface area (Å²) in [5, 5.41) is 0. The smallest absolute Gasteiger partial charge is 0.409 e. The second-order valence-corrected chi connectivity index (χ2v) is 11.7. The molecule has 100 valence electrons. The average molecular weight is 258 g/mol. The van der Waals surface area contributed by atoms with E-state index in [1.54, 1.807) is 0 Å².